The highest BCUT2D eigenvalue weighted by atomic mass is 16.5. The van der Waals surface area contributed by atoms with Crippen LogP contribution in [0.4, 0.5) is 5.82 Å². The summed E-state index contributed by atoms with van der Waals surface area (Å²) in [5.41, 5.74) is 1.79. The van der Waals surface area contributed by atoms with Gasteiger partial charge >= 0.3 is 0 Å². The van der Waals surface area contributed by atoms with E-state index < -0.39 is 0 Å². The van der Waals surface area contributed by atoms with Gasteiger partial charge in [0, 0.05) is 39.9 Å². The van der Waals surface area contributed by atoms with Crippen LogP contribution in [-0.4, -0.2) is 42.2 Å². The van der Waals surface area contributed by atoms with Gasteiger partial charge in [0.1, 0.15) is 5.82 Å². The average molecular weight is 227 g/mol. The van der Waals surface area contributed by atoms with Crippen molar-refractivity contribution in [2.45, 2.75) is 20.0 Å². The molecule has 0 saturated heterocycles. The Morgan fingerprint density at radius 2 is 2.19 bits per heavy atom. The van der Waals surface area contributed by atoms with Gasteiger partial charge in [0.25, 0.3) is 0 Å². The second kappa shape index (κ2) is 5.86. The van der Waals surface area contributed by atoms with Gasteiger partial charge in [-0.15, -0.1) is 0 Å². The first-order valence-electron chi connectivity index (χ1n) is 5.45. The van der Waals surface area contributed by atoms with E-state index in [0.29, 0.717) is 0 Å². The van der Waals surface area contributed by atoms with E-state index in [1.807, 2.05) is 25.7 Å². The van der Waals surface area contributed by atoms with E-state index in [9.17, 15) is 5.11 Å². The highest BCUT2D eigenvalue weighted by molar-refractivity contribution is 5.49. The quantitative estimate of drug-likeness (QED) is 0.727. The van der Waals surface area contributed by atoms with Crippen molar-refractivity contribution in [1.82, 2.24) is 9.78 Å². The van der Waals surface area contributed by atoms with Crippen LogP contribution in [-0.2, 0) is 18.4 Å². The van der Waals surface area contributed by atoms with Crippen LogP contribution in [0.2, 0.25) is 0 Å². The monoisotopic (exact) mass is 227 g/mol. The van der Waals surface area contributed by atoms with Crippen LogP contribution in [0.3, 0.4) is 0 Å². The number of aryl methyl sites for hydroxylation is 2. The Balaban J connectivity index is 2.77. The van der Waals surface area contributed by atoms with Crippen molar-refractivity contribution in [2.24, 2.45) is 7.05 Å². The van der Waals surface area contributed by atoms with Gasteiger partial charge in [0.15, 0.2) is 0 Å². The van der Waals surface area contributed by atoms with E-state index >= 15 is 0 Å². The SMILES string of the molecule is COCCCN(C)c1c(CO)c(C)nn1C. The minimum Gasteiger partial charge on any atom is -0.391 e. The summed E-state index contributed by atoms with van der Waals surface area (Å²) in [6.07, 6.45) is 0.960. The summed E-state index contributed by atoms with van der Waals surface area (Å²) >= 11 is 0. The number of aliphatic hydroxyl groups is 1. The van der Waals surface area contributed by atoms with E-state index in [-0.39, 0.29) is 6.61 Å². The highest BCUT2D eigenvalue weighted by Gasteiger charge is 2.15. The molecule has 0 fully saturated rings. The Labute approximate surface area is 96.6 Å². The molecule has 1 aromatic heterocycles. The van der Waals surface area contributed by atoms with Crippen LogP contribution in [0, 0.1) is 6.92 Å². The molecule has 0 aliphatic heterocycles. The number of anilines is 1. The molecule has 0 saturated carbocycles. The maximum atomic E-state index is 9.33. The first-order chi connectivity index (χ1) is 7.61. The zero-order chi connectivity index (χ0) is 12.1. The summed E-state index contributed by atoms with van der Waals surface area (Å²) < 4.78 is 6.83. The van der Waals surface area contributed by atoms with Gasteiger partial charge in [-0.1, -0.05) is 0 Å². The van der Waals surface area contributed by atoms with Crippen LogP contribution < -0.4 is 4.90 Å². The Morgan fingerprint density at radius 3 is 2.75 bits per heavy atom. The molecule has 1 aromatic rings. The lowest BCUT2D eigenvalue weighted by molar-refractivity contribution is 0.196. The van der Waals surface area contributed by atoms with Gasteiger partial charge in [-0.25, -0.2) is 0 Å². The molecule has 1 rings (SSSR count). The van der Waals surface area contributed by atoms with Crippen LogP contribution in [0.1, 0.15) is 17.7 Å². The zero-order valence-electron chi connectivity index (χ0n) is 10.5. The Kier molecular flexibility index (Phi) is 4.76. The second-order valence-electron chi connectivity index (χ2n) is 3.94. The Morgan fingerprint density at radius 1 is 1.50 bits per heavy atom. The first kappa shape index (κ1) is 13.0. The minimum atomic E-state index is 0.0314. The predicted octanol–water partition coefficient (Wildman–Crippen LogP) is 0.694. The third-order valence-corrected chi connectivity index (χ3v) is 2.67. The Bertz CT molecular complexity index is 336. The van der Waals surface area contributed by atoms with E-state index in [4.69, 9.17) is 4.74 Å². The lowest BCUT2D eigenvalue weighted by Crippen LogP contribution is -2.23. The highest BCUT2D eigenvalue weighted by Crippen LogP contribution is 2.22. The van der Waals surface area contributed by atoms with E-state index in [0.717, 1.165) is 36.6 Å². The molecule has 1 heterocycles. The summed E-state index contributed by atoms with van der Waals surface area (Å²) in [5, 5.41) is 13.6. The first-order valence-corrected chi connectivity index (χ1v) is 5.45. The molecule has 0 aromatic carbocycles. The number of hydrogen-bond donors (Lipinski definition) is 1. The lowest BCUT2D eigenvalue weighted by atomic mass is 10.2. The molecule has 92 valence electrons. The van der Waals surface area contributed by atoms with Crippen molar-refractivity contribution in [1.29, 1.82) is 0 Å². The molecule has 5 heteroatoms. The fourth-order valence-electron chi connectivity index (χ4n) is 1.90. The van der Waals surface area contributed by atoms with Gasteiger partial charge in [0.2, 0.25) is 0 Å². The molecule has 0 amide bonds. The van der Waals surface area contributed by atoms with E-state index in [2.05, 4.69) is 10.00 Å². The fourth-order valence-corrected chi connectivity index (χ4v) is 1.90. The number of nitrogens with zero attached hydrogens (tertiary/aromatic N) is 3. The molecule has 1 N–H and O–H groups in total. The summed E-state index contributed by atoms with van der Waals surface area (Å²) in [6.45, 7) is 3.58. The van der Waals surface area contributed by atoms with Crippen molar-refractivity contribution < 1.29 is 9.84 Å². The molecular weight excluding hydrogens is 206 g/mol. The molecule has 0 aliphatic rings. The van der Waals surface area contributed by atoms with E-state index in [1.54, 1.807) is 7.11 Å². The molecule has 16 heavy (non-hydrogen) atoms. The van der Waals surface area contributed by atoms with Crippen LogP contribution in [0.25, 0.3) is 0 Å². The molecular formula is C11H21N3O2. The maximum Gasteiger partial charge on any atom is 0.132 e. The third-order valence-electron chi connectivity index (χ3n) is 2.67. The number of methoxy groups -OCH3 is 1. The largest absolute Gasteiger partial charge is 0.391 e. The Hall–Kier alpha value is -1.07. The number of aromatic nitrogens is 2. The summed E-state index contributed by atoms with van der Waals surface area (Å²) in [6, 6.07) is 0. The van der Waals surface area contributed by atoms with Crippen LogP contribution in [0.5, 0.6) is 0 Å². The van der Waals surface area contributed by atoms with Crippen molar-refractivity contribution in [2.75, 3.05) is 32.2 Å². The number of rotatable bonds is 6. The third kappa shape index (κ3) is 2.74. The van der Waals surface area contributed by atoms with Gasteiger partial charge < -0.3 is 14.7 Å². The van der Waals surface area contributed by atoms with E-state index in [1.165, 1.54) is 0 Å². The standard InChI is InChI=1S/C11H21N3O2/c1-9-10(8-15)11(14(3)12-9)13(2)6-5-7-16-4/h15H,5-8H2,1-4H3. The van der Waals surface area contributed by atoms with Crippen molar-refractivity contribution in [3.8, 4) is 0 Å². The zero-order valence-corrected chi connectivity index (χ0v) is 10.5. The average Bonchev–Trinajstić information content (AvgIpc) is 2.53. The van der Waals surface area contributed by atoms with Crippen LogP contribution in [0.15, 0.2) is 0 Å². The van der Waals surface area contributed by atoms with Crippen molar-refractivity contribution >= 4 is 5.82 Å². The minimum absolute atomic E-state index is 0.0314. The molecule has 0 radical (unpaired) electrons. The number of aliphatic hydroxyl groups excluding tert-OH is 1. The molecule has 0 spiro atoms. The predicted molar refractivity (Wildman–Crippen MR) is 63.6 cm³/mol. The van der Waals surface area contributed by atoms with Crippen LogP contribution >= 0.6 is 0 Å². The maximum absolute atomic E-state index is 9.33. The molecule has 0 unspecified atom stereocenters. The molecule has 0 atom stereocenters. The van der Waals surface area contributed by atoms with Gasteiger partial charge in [-0.2, -0.15) is 5.10 Å². The number of ether oxygens (including phenoxy) is 1. The summed E-state index contributed by atoms with van der Waals surface area (Å²) in [4.78, 5) is 2.10. The van der Waals surface area contributed by atoms with Crippen molar-refractivity contribution in [3.05, 3.63) is 11.3 Å². The summed E-state index contributed by atoms with van der Waals surface area (Å²) in [7, 11) is 5.60. The second-order valence-corrected chi connectivity index (χ2v) is 3.94. The fraction of sp³-hybridized carbons (Fsp3) is 0.727. The lowest BCUT2D eigenvalue weighted by Gasteiger charge is -2.20. The molecule has 0 bridgehead atoms. The molecule has 0 aliphatic carbocycles. The van der Waals surface area contributed by atoms with Gasteiger partial charge in [-0.05, 0) is 13.3 Å². The molecule has 5 nitrogen and oxygen atoms in total. The van der Waals surface area contributed by atoms with Gasteiger partial charge in [-0.3, -0.25) is 4.68 Å². The smallest absolute Gasteiger partial charge is 0.132 e. The van der Waals surface area contributed by atoms with Crippen molar-refractivity contribution in [3.63, 3.8) is 0 Å². The van der Waals surface area contributed by atoms with Gasteiger partial charge in [0.05, 0.1) is 12.3 Å². The normalized spacial score (nSPS) is 10.8. The summed E-state index contributed by atoms with van der Waals surface area (Å²) in [5.74, 6) is 0.983. The number of hydrogen-bond acceptors (Lipinski definition) is 4. The topological polar surface area (TPSA) is 50.5 Å².